The second-order valence-corrected chi connectivity index (χ2v) is 9.16. The Morgan fingerprint density at radius 3 is 0.710 bits per heavy atom. The number of carbonyl (C=O) groups is 3. The third-order valence-electron chi connectivity index (χ3n) is 4.75. The monoisotopic (exact) mass is 481 g/mol. The van der Waals surface area contributed by atoms with Gasteiger partial charge in [-0.25, -0.2) is 0 Å². The van der Waals surface area contributed by atoms with Gasteiger partial charge in [-0.05, 0) is 74.0 Å². The van der Waals surface area contributed by atoms with Gasteiger partial charge < -0.3 is 29.7 Å². The summed E-state index contributed by atoms with van der Waals surface area (Å²) in [5.41, 5.74) is 0. The van der Waals surface area contributed by atoms with Gasteiger partial charge in [0.15, 0.2) is 0 Å². The summed E-state index contributed by atoms with van der Waals surface area (Å²) in [6, 6.07) is 0. The molecule has 0 saturated heterocycles. The molecule has 3 unspecified atom stereocenters. The first kappa shape index (κ1) is 37.3. The van der Waals surface area contributed by atoms with Gasteiger partial charge in [-0.2, -0.15) is 0 Å². The number of carboxylic acid groups (broad SMARTS) is 3. The minimum absolute atomic E-state index is 0. The maximum absolute atomic E-state index is 10.4. The van der Waals surface area contributed by atoms with E-state index in [0.29, 0.717) is 37.0 Å². The maximum atomic E-state index is 10.4. The van der Waals surface area contributed by atoms with Gasteiger partial charge in [0.2, 0.25) is 0 Å². The largest absolute Gasteiger partial charge is 3.00 e. The molecule has 0 N–H and O–H groups in total. The normalized spacial score (nSPS) is 13.2. The van der Waals surface area contributed by atoms with Crippen LogP contribution in [0.2, 0.25) is 0 Å². The van der Waals surface area contributed by atoms with E-state index in [1.807, 2.05) is 62.3 Å². The molecule has 183 valence electrons. The summed E-state index contributed by atoms with van der Waals surface area (Å²) in [6.45, 7) is 17.8. The van der Waals surface area contributed by atoms with Gasteiger partial charge in [-0.3, -0.25) is 0 Å². The van der Waals surface area contributed by atoms with Crippen LogP contribution < -0.4 is 15.3 Å². The predicted octanol–water partition coefficient (Wildman–Crippen LogP) is 2.42. The summed E-state index contributed by atoms with van der Waals surface area (Å²) in [5, 5.41) is 31.1. The fourth-order valence-corrected chi connectivity index (χ4v) is 3.00. The molecular weight excluding hydrogens is 436 g/mol. The first-order valence-corrected chi connectivity index (χ1v) is 11.4. The Balaban J connectivity index is -0.000000174. The number of hydrogen-bond acceptors (Lipinski definition) is 6. The molecule has 0 aliphatic carbocycles. The Bertz CT molecular complexity index is 396. The number of hydrogen-bond donors (Lipinski definition) is 0. The topological polar surface area (TPSA) is 120 Å². The molecule has 0 aromatic rings. The Kier molecular flexibility index (Phi) is 26.6. The standard InChI is InChI=1S/3C8H16O2.Cr/c3*1-4-7(8(9)10)5-6(2)3;/h3*6-7H,4-5H2,1-3H3,(H,9,10);/q;;;+3/p-3. The molecule has 7 heteroatoms. The van der Waals surface area contributed by atoms with Crippen LogP contribution in [0.25, 0.3) is 0 Å². The smallest absolute Gasteiger partial charge is 0.550 e. The minimum Gasteiger partial charge on any atom is -0.550 e. The van der Waals surface area contributed by atoms with Crippen molar-refractivity contribution in [3.8, 4) is 0 Å². The predicted molar refractivity (Wildman–Crippen MR) is 115 cm³/mol. The molecule has 1 radical (unpaired) electrons. The molecule has 0 aromatic heterocycles. The van der Waals surface area contributed by atoms with Gasteiger partial charge in [0.1, 0.15) is 0 Å². The van der Waals surface area contributed by atoms with Gasteiger partial charge >= 0.3 is 17.4 Å². The van der Waals surface area contributed by atoms with Gasteiger partial charge in [0.05, 0.1) is 0 Å². The van der Waals surface area contributed by atoms with Crippen LogP contribution in [0, 0.1) is 35.5 Å². The van der Waals surface area contributed by atoms with Gasteiger partial charge in [0, 0.05) is 17.9 Å². The summed E-state index contributed by atoms with van der Waals surface area (Å²) in [4.78, 5) is 31.1. The maximum Gasteiger partial charge on any atom is 3.00 e. The number of carboxylic acids is 3. The van der Waals surface area contributed by atoms with E-state index in [9.17, 15) is 29.7 Å². The van der Waals surface area contributed by atoms with Crippen molar-refractivity contribution >= 4 is 17.9 Å². The van der Waals surface area contributed by atoms with E-state index < -0.39 is 17.9 Å². The molecule has 0 aromatic carbocycles. The average molecular weight is 482 g/mol. The molecule has 0 heterocycles. The Labute approximate surface area is 201 Å². The van der Waals surface area contributed by atoms with Crippen LogP contribution in [0.3, 0.4) is 0 Å². The second-order valence-electron chi connectivity index (χ2n) is 9.16. The Morgan fingerprint density at radius 2 is 0.677 bits per heavy atom. The molecule has 0 saturated carbocycles. The fraction of sp³-hybridized carbons (Fsp3) is 0.875. The quantitative estimate of drug-likeness (QED) is 0.422. The molecule has 0 bridgehead atoms. The second kappa shape index (κ2) is 22.1. The summed E-state index contributed by atoms with van der Waals surface area (Å²) >= 11 is 0. The van der Waals surface area contributed by atoms with Crippen LogP contribution in [0.1, 0.15) is 101 Å². The van der Waals surface area contributed by atoms with E-state index in [0.717, 1.165) is 19.3 Å². The zero-order valence-corrected chi connectivity index (χ0v) is 22.3. The molecule has 0 aliphatic heterocycles. The summed E-state index contributed by atoms with van der Waals surface area (Å²) in [7, 11) is 0. The molecule has 0 rings (SSSR count). The van der Waals surface area contributed by atoms with Crippen molar-refractivity contribution in [3.63, 3.8) is 0 Å². The van der Waals surface area contributed by atoms with Crippen molar-refractivity contribution in [1.82, 2.24) is 0 Å². The molecule has 0 aliphatic rings. The zero-order valence-electron chi connectivity index (χ0n) is 21.1. The average Bonchev–Trinajstić information content (AvgIpc) is 2.61. The van der Waals surface area contributed by atoms with Crippen LogP contribution in [0.5, 0.6) is 0 Å². The van der Waals surface area contributed by atoms with E-state index in [1.165, 1.54) is 0 Å². The van der Waals surface area contributed by atoms with Crippen LogP contribution in [-0.2, 0) is 31.7 Å². The van der Waals surface area contributed by atoms with Crippen molar-refractivity contribution in [2.24, 2.45) is 35.5 Å². The molecular formula is C24H45CrO6. The zero-order chi connectivity index (χ0) is 24.4. The Morgan fingerprint density at radius 1 is 0.516 bits per heavy atom. The fourth-order valence-electron chi connectivity index (χ4n) is 3.00. The summed E-state index contributed by atoms with van der Waals surface area (Å²) in [6.07, 6.45) is 4.25. The summed E-state index contributed by atoms with van der Waals surface area (Å²) in [5.74, 6) is -2.13. The van der Waals surface area contributed by atoms with Gasteiger partial charge in [0.25, 0.3) is 0 Å². The molecule has 31 heavy (non-hydrogen) atoms. The first-order valence-electron chi connectivity index (χ1n) is 11.4. The third-order valence-corrected chi connectivity index (χ3v) is 4.75. The SMILES string of the molecule is CCC(CC(C)C)C(=O)[O-].CCC(CC(C)C)C(=O)[O-].CCC(CC(C)C)C(=O)[O-].[Cr+3]. The first-order chi connectivity index (χ1) is 13.7. The van der Waals surface area contributed by atoms with Crippen LogP contribution in [0.4, 0.5) is 0 Å². The van der Waals surface area contributed by atoms with Gasteiger partial charge in [-0.15, -0.1) is 0 Å². The van der Waals surface area contributed by atoms with Crippen molar-refractivity contribution in [1.29, 1.82) is 0 Å². The summed E-state index contributed by atoms with van der Waals surface area (Å²) < 4.78 is 0. The minimum atomic E-state index is -0.906. The van der Waals surface area contributed by atoms with Gasteiger partial charge in [-0.1, -0.05) is 62.3 Å². The van der Waals surface area contributed by atoms with E-state index in [2.05, 4.69) is 0 Å². The van der Waals surface area contributed by atoms with Crippen LogP contribution in [0.15, 0.2) is 0 Å². The van der Waals surface area contributed by atoms with E-state index in [-0.39, 0.29) is 35.1 Å². The molecule has 6 nitrogen and oxygen atoms in total. The van der Waals surface area contributed by atoms with Crippen molar-refractivity contribution in [3.05, 3.63) is 0 Å². The Hall–Kier alpha value is -1.06. The van der Waals surface area contributed by atoms with Crippen molar-refractivity contribution < 1.29 is 47.1 Å². The number of aliphatic carboxylic acids is 3. The van der Waals surface area contributed by atoms with E-state index in [1.54, 1.807) is 0 Å². The van der Waals surface area contributed by atoms with Crippen molar-refractivity contribution in [2.75, 3.05) is 0 Å². The van der Waals surface area contributed by atoms with E-state index in [4.69, 9.17) is 0 Å². The van der Waals surface area contributed by atoms with E-state index >= 15 is 0 Å². The molecule has 0 spiro atoms. The van der Waals surface area contributed by atoms with Crippen LogP contribution in [-0.4, -0.2) is 17.9 Å². The molecule has 0 fully saturated rings. The van der Waals surface area contributed by atoms with Crippen molar-refractivity contribution in [2.45, 2.75) is 101 Å². The number of carbonyl (C=O) groups excluding carboxylic acids is 3. The third kappa shape index (κ3) is 25.1. The van der Waals surface area contributed by atoms with Crippen LogP contribution >= 0.6 is 0 Å². The molecule has 3 atom stereocenters. The molecule has 0 amide bonds. The number of rotatable bonds is 12.